The normalized spacial score (nSPS) is 14.9. The van der Waals surface area contributed by atoms with E-state index in [0.29, 0.717) is 12.2 Å². The topological polar surface area (TPSA) is 70.5 Å². The Kier molecular flexibility index (Phi) is 6.78. The number of carbonyl (C=O) groups is 1. The van der Waals surface area contributed by atoms with Crippen LogP contribution in [0.5, 0.6) is 0 Å². The van der Waals surface area contributed by atoms with Gasteiger partial charge in [-0.05, 0) is 37.2 Å². The third-order valence-corrected chi connectivity index (χ3v) is 5.77. The zero-order valence-corrected chi connectivity index (χ0v) is 18.6. The van der Waals surface area contributed by atoms with E-state index < -0.39 is 5.91 Å². The summed E-state index contributed by atoms with van der Waals surface area (Å²) in [4.78, 5) is 30.0. The summed E-state index contributed by atoms with van der Waals surface area (Å²) in [7, 11) is 2.15. The van der Waals surface area contributed by atoms with Gasteiger partial charge in [-0.1, -0.05) is 42.5 Å². The number of aryl methyl sites for hydroxylation is 1. The van der Waals surface area contributed by atoms with E-state index >= 15 is 0 Å². The number of aromatic nitrogens is 2. The summed E-state index contributed by atoms with van der Waals surface area (Å²) < 4.78 is 1.62. The van der Waals surface area contributed by atoms with E-state index in [1.165, 1.54) is 11.6 Å². The molecule has 7 heteroatoms. The van der Waals surface area contributed by atoms with E-state index in [4.69, 9.17) is 0 Å². The Labute approximate surface area is 188 Å². The minimum atomic E-state index is -0.468. The van der Waals surface area contributed by atoms with E-state index in [1.807, 2.05) is 42.5 Å². The van der Waals surface area contributed by atoms with Crippen molar-refractivity contribution in [3.63, 3.8) is 0 Å². The molecule has 0 unspecified atom stereocenters. The number of para-hydroxylation sites is 1. The first-order valence-electron chi connectivity index (χ1n) is 10.9. The average Bonchev–Trinajstić information content (AvgIpc) is 2.80. The van der Waals surface area contributed by atoms with Crippen LogP contribution in [0, 0.1) is 6.92 Å². The van der Waals surface area contributed by atoms with Gasteiger partial charge in [0.25, 0.3) is 5.91 Å². The maximum Gasteiger partial charge on any atom is 0.276 e. The molecule has 4 rings (SSSR count). The SMILES string of the molecule is Cc1cc(=O)c(C(=O)NCc2cccc(CN3CCN(C)CC3)c2)nn1-c1ccccc1. The van der Waals surface area contributed by atoms with Crippen LogP contribution in [-0.4, -0.2) is 58.7 Å². The molecule has 1 fully saturated rings. The Bertz CT molecular complexity index is 1130. The fourth-order valence-electron chi connectivity index (χ4n) is 3.90. The Balaban J connectivity index is 1.43. The molecule has 1 N–H and O–H groups in total. The van der Waals surface area contributed by atoms with Crippen molar-refractivity contribution < 1.29 is 4.79 Å². The van der Waals surface area contributed by atoms with E-state index in [-0.39, 0.29) is 11.1 Å². The van der Waals surface area contributed by atoms with Crippen LogP contribution in [0.1, 0.15) is 27.3 Å². The van der Waals surface area contributed by atoms with Crippen molar-refractivity contribution in [3.8, 4) is 5.69 Å². The smallest absolute Gasteiger partial charge is 0.276 e. The van der Waals surface area contributed by atoms with Gasteiger partial charge in [0.1, 0.15) is 0 Å². The van der Waals surface area contributed by atoms with Crippen molar-refractivity contribution in [2.45, 2.75) is 20.0 Å². The lowest BCUT2D eigenvalue weighted by atomic mass is 10.1. The molecule has 2 aromatic carbocycles. The summed E-state index contributed by atoms with van der Waals surface area (Å²) in [6.07, 6.45) is 0. The van der Waals surface area contributed by atoms with Crippen LogP contribution in [0.2, 0.25) is 0 Å². The molecule has 1 aliphatic heterocycles. The third-order valence-electron chi connectivity index (χ3n) is 5.77. The van der Waals surface area contributed by atoms with Gasteiger partial charge in [0.15, 0.2) is 5.69 Å². The van der Waals surface area contributed by atoms with Gasteiger partial charge in [-0.2, -0.15) is 5.10 Å². The van der Waals surface area contributed by atoms with Crippen LogP contribution in [0.3, 0.4) is 0 Å². The first-order valence-corrected chi connectivity index (χ1v) is 10.9. The molecule has 32 heavy (non-hydrogen) atoms. The maximum absolute atomic E-state index is 12.8. The molecule has 0 aliphatic carbocycles. The Morgan fingerprint density at radius 1 is 0.969 bits per heavy atom. The molecule has 0 bridgehead atoms. The van der Waals surface area contributed by atoms with Crippen molar-refractivity contribution in [1.29, 1.82) is 0 Å². The number of piperazine rings is 1. The van der Waals surface area contributed by atoms with Gasteiger partial charge < -0.3 is 10.2 Å². The largest absolute Gasteiger partial charge is 0.346 e. The molecule has 166 valence electrons. The highest BCUT2D eigenvalue weighted by Gasteiger charge is 2.16. The van der Waals surface area contributed by atoms with Crippen LogP contribution >= 0.6 is 0 Å². The monoisotopic (exact) mass is 431 g/mol. The number of hydrogen-bond acceptors (Lipinski definition) is 5. The third kappa shape index (κ3) is 5.30. The molecule has 0 radical (unpaired) electrons. The van der Waals surface area contributed by atoms with E-state index in [9.17, 15) is 9.59 Å². The molecule has 0 saturated carbocycles. The number of nitrogens with one attached hydrogen (secondary N) is 1. The molecular formula is C25H29N5O2. The van der Waals surface area contributed by atoms with Crippen LogP contribution in [0.4, 0.5) is 0 Å². The summed E-state index contributed by atoms with van der Waals surface area (Å²) in [5.41, 5.74) is 3.22. The number of benzene rings is 2. The zero-order chi connectivity index (χ0) is 22.5. The molecule has 1 aliphatic rings. The summed E-state index contributed by atoms with van der Waals surface area (Å²) >= 11 is 0. The Morgan fingerprint density at radius 2 is 1.69 bits per heavy atom. The highest BCUT2D eigenvalue weighted by atomic mass is 16.2. The van der Waals surface area contributed by atoms with Crippen molar-refractivity contribution in [2.75, 3.05) is 33.2 Å². The standard InChI is InChI=1S/C25H29N5O2/c1-19-15-23(31)24(27-30(19)22-9-4-3-5-10-22)25(32)26-17-20-7-6-8-21(16-20)18-29-13-11-28(2)12-14-29/h3-10,15-16H,11-14,17-18H2,1-2H3,(H,26,32). The number of nitrogens with zero attached hydrogens (tertiary/aromatic N) is 4. The quantitative estimate of drug-likeness (QED) is 0.648. The van der Waals surface area contributed by atoms with Crippen molar-refractivity contribution >= 4 is 5.91 Å². The molecule has 1 aromatic heterocycles. The van der Waals surface area contributed by atoms with Crippen LogP contribution in [-0.2, 0) is 13.1 Å². The second-order valence-corrected chi connectivity index (χ2v) is 8.33. The maximum atomic E-state index is 12.8. The second-order valence-electron chi connectivity index (χ2n) is 8.33. The Hall–Kier alpha value is -3.29. The van der Waals surface area contributed by atoms with E-state index in [1.54, 1.807) is 11.6 Å². The Morgan fingerprint density at radius 3 is 2.44 bits per heavy atom. The minimum absolute atomic E-state index is 0.104. The number of carbonyl (C=O) groups excluding carboxylic acids is 1. The molecule has 0 spiro atoms. The molecule has 1 amide bonds. The van der Waals surface area contributed by atoms with Gasteiger partial charge >= 0.3 is 0 Å². The van der Waals surface area contributed by atoms with Crippen molar-refractivity contribution in [1.82, 2.24) is 24.9 Å². The van der Waals surface area contributed by atoms with Gasteiger partial charge in [-0.3, -0.25) is 14.5 Å². The fourth-order valence-corrected chi connectivity index (χ4v) is 3.90. The van der Waals surface area contributed by atoms with Gasteiger partial charge in [0.05, 0.1) is 5.69 Å². The summed E-state index contributed by atoms with van der Waals surface area (Å²) in [5, 5.41) is 7.19. The van der Waals surface area contributed by atoms with Crippen LogP contribution in [0.15, 0.2) is 65.5 Å². The molecule has 0 atom stereocenters. The summed E-state index contributed by atoms with van der Waals surface area (Å²) in [6, 6.07) is 19.1. The van der Waals surface area contributed by atoms with Gasteiger partial charge in [0, 0.05) is 51.0 Å². The predicted octanol–water partition coefficient (Wildman–Crippen LogP) is 2.22. The molecule has 3 aromatic rings. The fraction of sp³-hybridized carbons (Fsp3) is 0.320. The van der Waals surface area contributed by atoms with Gasteiger partial charge in [-0.25, -0.2) is 4.68 Å². The number of hydrogen-bond donors (Lipinski definition) is 1. The molecular weight excluding hydrogens is 402 g/mol. The van der Waals surface area contributed by atoms with Gasteiger partial charge in [0.2, 0.25) is 5.43 Å². The number of rotatable bonds is 6. The molecule has 7 nitrogen and oxygen atoms in total. The van der Waals surface area contributed by atoms with Crippen molar-refractivity contribution in [2.24, 2.45) is 0 Å². The lowest BCUT2D eigenvalue weighted by Crippen LogP contribution is -2.43. The predicted molar refractivity (Wildman–Crippen MR) is 125 cm³/mol. The number of likely N-dealkylation sites (N-methyl/N-ethyl adjacent to an activating group) is 1. The second kappa shape index (κ2) is 9.89. The average molecular weight is 432 g/mol. The van der Waals surface area contributed by atoms with E-state index in [2.05, 4.69) is 39.4 Å². The highest BCUT2D eigenvalue weighted by Crippen LogP contribution is 2.11. The lowest BCUT2D eigenvalue weighted by molar-refractivity contribution is 0.0943. The molecule has 1 saturated heterocycles. The van der Waals surface area contributed by atoms with E-state index in [0.717, 1.165) is 44.0 Å². The lowest BCUT2D eigenvalue weighted by Gasteiger charge is -2.32. The summed E-state index contributed by atoms with van der Waals surface area (Å²) in [6.45, 7) is 7.33. The molecule has 2 heterocycles. The van der Waals surface area contributed by atoms with Crippen LogP contribution in [0.25, 0.3) is 5.69 Å². The van der Waals surface area contributed by atoms with Crippen LogP contribution < -0.4 is 10.7 Å². The van der Waals surface area contributed by atoms with Crippen molar-refractivity contribution in [3.05, 3.63) is 93.4 Å². The summed E-state index contributed by atoms with van der Waals surface area (Å²) in [5.74, 6) is -0.468. The highest BCUT2D eigenvalue weighted by molar-refractivity contribution is 5.92. The first-order chi connectivity index (χ1) is 15.5. The zero-order valence-electron chi connectivity index (χ0n) is 18.6. The minimum Gasteiger partial charge on any atom is -0.346 e. The van der Waals surface area contributed by atoms with Gasteiger partial charge in [-0.15, -0.1) is 0 Å². The first kappa shape index (κ1) is 21.9. The number of amides is 1.